The predicted octanol–water partition coefficient (Wildman–Crippen LogP) is 0.726. The van der Waals surface area contributed by atoms with Crippen molar-refractivity contribution in [1.82, 2.24) is 9.78 Å². The summed E-state index contributed by atoms with van der Waals surface area (Å²) in [5, 5.41) is 15.7. The number of aromatic nitrogens is 2. The second kappa shape index (κ2) is 5.27. The van der Waals surface area contributed by atoms with Gasteiger partial charge in [-0.1, -0.05) is 0 Å². The van der Waals surface area contributed by atoms with Gasteiger partial charge in [0.25, 0.3) is 5.56 Å². The van der Waals surface area contributed by atoms with Gasteiger partial charge in [0.15, 0.2) is 0 Å². The van der Waals surface area contributed by atoms with Gasteiger partial charge >= 0.3 is 0 Å². The minimum Gasteiger partial charge on any atom is -0.396 e. The molecule has 5 nitrogen and oxygen atoms in total. The zero-order valence-electron chi connectivity index (χ0n) is 8.70. The van der Waals surface area contributed by atoms with E-state index in [9.17, 15) is 4.79 Å². The Hall–Kier alpha value is -0.880. The number of rotatable bonds is 4. The first-order valence-electron chi connectivity index (χ1n) is 4.65. The van der Waals surface area contributed by atoms with Gasteiger partial charge < -0.3 is 10.4 Å². The van der Waals surface area contributed by atoms with Crippen LogP contribution < -0.4 is 10.9 Å². The SMILES string of the molecule is CC(CCO)Nc1cnn(C)c(=O)c1Br. The zero-order valence-corrected chi connectivity index (χ0v) is 10.3. The molecule has 0 fully saturated rings. The molecule has 0 bridgehead atoms. The summed E-state index contributed by atoms with van der Waals surface area (Å²) in [5.74, 6) is 0. The maximum absolute atomic E-state index is 11.5. The lowest BCUT2D eigenvalue weighted by Crippen LogP contribution is -2.24. The van der Waals surface area contributed by atoms with Crippen molar-refractivity contribution in [2.45, 2.75) is 19.4 Å². The molecule has 0 aliphatic carbocycles. The molecule has 2 N–H and O–H groups in total. The molecule has 0 radical (unpaired) electrons. The molecule has 1 heterocycles. The lowest BCUT2D eigenvalue weighted by atomic mass is 10.2. The minimum absolute atomic E-state index is 0.0974. The average Bonchev–Trinajstić information content (AvgIpc) is 2.20. The molecular formula is C9H14BrN3O2. The number of hydrogen-bond acceptors (Lipinski definition) is 4. The van der Waals surface area contributed by atoms with Crippen molar-refractivity contribution >= 4 is 21.6 Å². The summed E-state index contributed by atoms with van der Waals surface area (Å²) < 4.78 is 1.72. The van der Waals surface area contributed by atoms with E-state index in [0.717, 1.165) is 0 Å². The monoisotopic (exact) mass is 275 g/mol. The van der Waals surface area contributed by atoms with Gasteiger partial charge in [-0.05, 0) is 29.3 Å². The Labute approximate surface area is 96.2 Å². The predicted molar refractivity (Wildman–Crippen MR) is 62.0 cm³/mol. The van der Waals surface area contributed by atoms with Crippen LogP contribution in [-0.2, 0) is 7.05 Å². The average molecular weight is 276 g/mol. The van der Waals surface area contributed by atoms with E-state index in [1.54, 1.807) is 13.2 Å². The minimum atomic E-state index is -0.184. The Morgan fingerprint density at radius 1 is 1.73 bits per heavy atom. The molecule has 6 heteroatoms. The van der Waals surface area contributed by atoms with Crippen molar-refractivity contribution in [1.29, 1.82) is 0 Å². The van der Waals surface area contributed by atoms with Crippen molar-refractivity contribution in [3.05, 3.63) is 21.0 Å². The van der Waals surface area contributed by atoms with Crippen LogP contribution in [0.25, 0.3) is 0 Å². The molecule has 84 valence electrons. The van der Waals surface area contributed by atoms with Crippen molar-refractivity contribution < 1.29 is 5.11 Å². The Balaban J connectivity index is 2.87. The Morgan fingerprint density at radius 3 is 3.00 bits per heavy atom. The Morgan fingerprint density at radius 2 is 2.40 bits per heavy atom. The van der Waals surface area contributed by atoms with Gasteiger partial charge in [0.05, 0.1) is 11.9 Å². The van der Waals surface area contributed by atoms with E-state index in [0.29, 0.717) is 16.6 Å². The molecule has 1 atom stereocenters. The second-order valence-corrected chi connectivity index (χ2v) is 4.15. The van der Waals surface area contributed by atoms with E-state index in [2.05, 4.69) is 26.3 Å². The molecule has 0 amide bonds. The van der Waals surface area contributed by atoms with E-state index >= 15 is 0 Å². The first-order chi connectivity index (χ1) is 7.06. The van der Waals surface area contributed by atoms with Crippen LogP contribution in [0.1, 0.15) is 13.3 Å². The van der Waals surface area contributed by atoms with Crippen LogP contribution in [-0.4, -0.2) is 27.5 Å². The van der Waals surface area contributed by atoms with Crippen molar-refractivity contribution in [3.8, 4) is 0 Å². The van der Waals surface area contributed by atoms with Crippen LogP contribution in [0.5, 0.6) is 0 Å². The number of aliphatic hydroxyl groups is 1. The first kappa shape index (κ1) is 12.2. The van der Waals surface area contributed by atoms with E-state index in [4.69, 9.17) is 5.11 Å². The third-order valence-corrected chi connectivity index (χ3v) is 2.81. The lowest BCUT2D eigenvalue weighted by molar-refractivity contribution is 0.282. The number of aryl methyl sites for hydroxylation is 1. The van der Waals surface area contributed by atoms with E-state index in [-0.39, 0.29) is 18.2 Å². The summed E-state index contributed by atoms with van der Waals surface area (Å²) in [4.78, 5) is 11.5. The van der Waals surface area contributed by atoms with Crippen LogP contribution in [0, 0.1) is 0 Å². The van der Waals surface area contributed by atoms with Gasteiger partial charge in [-0.3, -0.25) is 4.79 Å². The Bertz CT molecular complexity index is 391. The summed E-state index contributed by atoms with van der Waals surface area (Å²) in [6.07, 6.45) is 2.21. The summed E-state index contributed by atoms with van der Waals surface area (Å²) in [6, 6.07) is 0.0974. The van der Waals surface area contributed by atoms with Crippen molar-refractivity contribution in [2.75, 3.05) is 11.9 Å². The highest BCUT2D eigenvalue weighted by molar-refractivity contribution is 9.10. The van der Waals surface area contributed by atoms with Crippen LogP contribution in [0.2, 0.25) is 0 Å². The van der Waals surface area contributed by atoms with E-state index < -0.39 is 0 Å². The van der Waals surface area contributed by atoms with Crippen molar-refractivity contribution in [2.24, 2.45) is 7.05 Å². The fourth-order valence-electron chi connectivity index (χ4n) is 1.14. The van der Waals surface area contributed by atoms with Gasteiger partial charge in [0, 0.05) is 19.7 Å². The van der Waals surface area contributed by atoms with Crippen LogP contribution in [0.15, 0.2) is 15.5 Å². The van der Waals surface area contributed by atoms with Crippen LogP contribution in [0.3, 0.4) is 0 Å². The van der Waals surface area contributed by atoms with Gasteiger partial charge in [-0.25, -0.2) is 4.68 Å². The Kier molecular flexibility index (Phi) is 4.28. The third-order valence-electron chi connectivity index (χ3n) is 2.04. The van der Waals surface area contributed by atoms with Gasteiger partial charge in [0.1, 0.15) is 4.47 Å². The molecule has 0 aliphatic heterocycles. The van der Waals surface area contributed by atoms with Crippen LogP contribution >= 0.6 is 15.9 Å². The maximum Gasteiger partial charge on any atom is 0.282 e. The highest BCUT2D eigenvalue weighted by Crippen LogP contribution is 2.17. The van der Waals surface area contributed by atoms with Crippen LogP contribution in [0.4, 0.5) is 5.69 Å². The summed E-state index contributed by atoms with van der Waals surface area (Å²) in [5.41, 5.74) is 0.468. The molecule has 0 aromatic carbocycles. The number of hydrogen-bond donors (Lipinski definition) is 2. The molecule has 1 unspecified atom stereocenters. The molecule has 0 aliphatic rings. The molecule has 0 saturated carbocycles. The van der Waals surface area contributed by atoms with Crippen molar-refractivity contribution in [3.63, 3.8) is 0 Å². The largest absolute Gasteiger partial charge is 0.396 e. The quantitative estimate of drug-likeness (QED) is 0.850. The molecule has 1 rings (SSSR count). The zero-order chi connectivity index (χ0) is 11.4. The highest BCUT2D eigenvalue weighted by atomic mass is 79.9. The van der Waals surface area contributed by atoms with Gasteiger partial charge in [-0.2, -0.15) is 5.10 Å². The summed E-state index contributed by atoms with van der Waals surface area (Å²) >= 11 is 3.21. The smallest absolute Gasteiger partial charge is 0.282 e. The third kappa shape index (κ3) is 3.04. The second-order valence-electron chi connectivity index (χ2n) is 3.36. The topological polar surface area (TPSA) is 67.2 Å². The molecule has 0 saturated heterocycles. The van der Waals surface area contributed by atoms with Gasteiger partial charge in [0.2, 0.25) is 0 Å². The maximum atomic E-state index is 11.5. The molecule has 1 aromatic heterocycles. The van der Waals surface area contributed by atoms with E-state index in [1.807, 2.05) is 6.92 Å². The molecule has 1 aromatic rings. The number of nitrogens with one attached hydrogen (secondary N) is 1. The first-order valence-corrected chi connectivity index (χ1v) is 5.44. The standard InChI is InChI=1S/C9H14BrN3O2/c1-6(3-4-14)12-7-5-11-13(2)9(15)8(7)10/h5-6,12,14H,3-4H2,1-2H3. The number of nitrogens with zero attached hydrogens (tertiary/aromatic N) is 2. The summed E-state index contributed by atoms with van der Waals surface area (Å²) in [7, 11) is 1.59. The number of anilines is 1. The summed E-state index contributed by atoms with van der Waals surface area (Å²) in [6.45, 7) is 2.05. The van der Waals surface area contributed by atoms with Gasteiger partial charge in [-0.15, -0.1) is 0 Å². The van der Waals surface area contributed by atoms with E-state index in [1.165, 1.54) is 4.68 Å². The number of aliphatic hydroxyl groups excluding tert-OH is 1. The lowest BCUT2D eigenvalue weighted by Gasteiger charge is -2.14. The fourth-order valence-corrected chi connectivity index (χ4v) is 1.62. The normalized spacial score (nSPS) is 12.5. The fraction of sp³-hybridized carbons (Fsp3) is 0.556. The molecule has 0 spiro atoms. The molecular weight excluding hydrogens is 262 g/mol. The highest BCUT2D eigenvalue weighted by Gasteiger charge is 2.08. The number of halogens is 1. The molecule has 15 heavy (non-hydrogen) atoms.